The maximum Gasteiger partial charge on any atom is 0.254 e. The predicted octanol–water partition coefficient (Wildman–Crippen LogP) is 3.80. The number of piperazine rings is 1. The van der Waals surface area contributed by atoms with Crippen LogP contribution >= 0.6 is 27.5 Å². The van der Waals surface area contributed by atoms with Gasteiger partial charge in [-0.2, -0.15) is 0 Å². The van der Waals surface area contributed by atoms with Crippen molar-refractivity contribution >= 4 is 33.4 Å². The van der Waals surface area contributed by atoms with Gasteiger partial charge in [-0.15, -0.1) is 0 Å². The molecule has 0 radical (unpaired) electrons. The van der Waals surface area contributed by atoms with Crippen LogP contribution in [0.25, 0.3) is 0 Å². The predicted molar refractivity (Wildman–Crippen MR) is 88.9 cm³/mol. The van der Waals surface area contributed by atoms with Gasteiger partial charge in [-0.25, -0.2) is 0 Å². The lowest BCUT2D eigenvalue weighted by Crippen LogP contribution is -2.60. The highest BCUT2D eigenvalue weighted by Gasteiger charge is 2.35. The molecule has 2 atom stereocenters. The van der Waals surface area contributed by atoms with Gasteiger partial charge in [0.15, 0.2) is 0 Å². The second-order valence-corrected chi connectivity index (χ2v) is 7.34. The summed E-state index contributed by atoms with van der Waals surface area (Å²) in [6, 6.07) is 6.22. The molecule has 21 heavy (non-hydrogen) atoms. The zero-order chi connectivity index (χ0) is 15.0. The molecule has 0 aromatic heterocycles. The maximum absolute atomic E-state index is 12.8. The molecule has 1 aromatic carbocycles. The number of fused-ring (bicyclic) bond motifs is 1. The van der Waals surface area contributed by atoms with E-state index in [-0.39, 0.29) is 11.9 Å². The van der Waals surface area contributed by atoms with Crippen LogP contribution in [-0.2, 0) is 0 Å². The van der Waals surface area contributed by atoms with Crippen molar-refractivity contribution in [1.82, 2.24) is 9.80 Å². The first kappa shape index (κ1) is 15.3. The minimum atomic E-state index is 0.116. The fourth-order valence-electron chi connectivity index (χ4n) is 3.43. The SMILES string of the molecule is CC1CN2CCCCC2CN1C(=O)c1ccc(Cl)c(Br)c1. The van der Waals surface area contributed by atoms with E-state index in [9.17, 15) is 4.79 Å². The summed E-state index contributed by atoms with van der Waals surface area (Å²) in [6.45, 7) is 5.17. The number of nitrogens with zero attached hydrogens (tertiary/aromatic N) is 2. The molecule has 1 aromatic rings. The molecular formula is C16H20BrClN2O. The molecule has 5 heteroatoms. The lowest BCUT2D eigenvalue weighted by Gasteiger charge is -2.47. The van der Waals surface area contributed by atoms with E-state index in [1.807, 2.05) is 17.0 Å². The lowest BCUT2D eigenvalue weighted by atomic mass is 9.96. The minimum absolute atomic E-state index is 0.116. The van der Waals surface area contributed by atoms with Crippen molar-refractivity contribution in [2.45, 2.75) is 38.3 Å². The van der Waals surface area contributed by atoms with Gasteiger partial charge < -0.3 is 4.90 Å². The molecule has 0 spiro atoms. The van der Waals surface area contributed by atoms with Crippen LogP contribution in [0.1, 0.15) is 36.5 Å². The van der Waals surface area contributed by atoms with E-state index in [0.29, 0.717) is 16.6 Å². The Morgan fingerprint density at radius 3 is 2.90 bits per heavy atom. The summed E-state index contributed by atoms with van der Waals surface area (Å²) in [5.74, 6) is 0.116. The highest BCUT2D eigenvalue weighted by Crippen LogP contribution is 2.27. The second kappa shape index (κ2) is 6.27. The zero-order valence-electron chi connectivity index (χ0n) is 12.2. The van der Waals surface area contributed by atoms with Gasteiger partial charge in [-0.3, -0.25) is 9.69 Å². The largest absolute Gasteiger partial charge is 0.333 e. The van der Waals surface area contributed by atoms with Crippen molar-refractivity contribution < 1.29 is 4.79 Å². The first-order valence-electron chi connectivity index (χ1n) is 7.56. The monoisotopic (exact) mass is 370 g/mol. The Labute approximate surface area is 139 Å². The van der Waals surface area contributed by atoms with E-state index < -0.39 is 0 Å². The molecule has 114 valence electrons. The molecule has 0 aliphatic carbocycles. The number of hydrogen-bond donors (Lipinski definition) is 0. The van der Waals surface area contributed by atoms with Crippen LogP contribution in [0.4, 0.5) is 0 Å². The minimum Gasteiger partial charge on any atom is -0.333 e. The number of halogens is 2. The van der Waals surface area contributed by atoms with Gasteiger partial charge in [-0.05, 0) is 60.4 Å². The number of rotatable bonds is 1. The molecule has 3 nitrogen and oxygen atoms in total. The van der Waals surface area contributed by atoms with E-state index in [1.54, 1.807) is 6.07 Å². The number of piperidine rings is 1. The van der Waals surface area contributed by atoms with Gasteiger partial charge >= 0.3 is 0 Å². The van der Waals surface area contributed by atoms with Crippen molar-refractivity contribution in [3.8, 4) is 0 Å². The molecule has 2 aliphatic rings. The van der Waals surface area contributed by atoms with Gasteiger partial charge in [-0.1, -0.05) is 18.0 Å². The molecule has 0 saturated carbocycles. The van der Waals surface area contributed by atoms with Crippen LogP contribution in [0, 0.1) is 0 Å². The summed E-state index contributed by atoms with van der Waals surface area (Å²) < 4.78 is 0.777. The van der Waals surface area contributed by atoms with Gasteiger partial charge in [0.25, 0.3) is 5.91 Å². The van der Waals surface area contributed by atoms with E-state index in [0.717, 1.165) is 17.6 Å². The van der Waals surface area contributed by atoms with E-state index in [1.165, 1.54) is 25.8 Å². The molecule has 2 heterocycles. The quantitative estimate of drug-likeness (QED) is 0.749. The summed E-state index contributed by atoms with van der Waals surface area (Å²) in [5.41, 5.74) is 0.711. The van der Waals surface area contributed by atoms with Crippen molar-refractivity contribution in [2.24, 2.45) is 0 Å². The lowest BCUT2D eigenvalue weighted by molar-refractivity contribution is 0.0151. The van der Waals surface area contributed by atoms with Gasteiger partial charge in [0.1, 0.15) is 0 Å². The number of amides is 1. The summed E-state index contributed by atoms with van der Waals surface area (Å²) in [5, 5.41) is 0.636. The molecule has 2 saturated heterocycles. The topological polar surface area (TPSA) is 23.6 Å². The standard InChI is InChI=1S/C16H20BrClN2O/c1-11-9-19-7-3-2-4-13(19)10-20(11)16(21)12-5-6-15(18)14(17)8-12/h5-6,8,11,13H,2-4,7,9-10H2,1H3. The van der Waals surface area contributed by atoms with Crippen LogP contribution in [0.2, 0.25) is 5.02 Å². The van der Waals surface area contributed by atoms with Crippen LogP contribution in [0.3, 0.4) is 0 Å². The van der Waals surface area contributed by atoms with E-state index >= 15 is 0 Å². The Hall–Kier alpha value is -0.580. The highest BCUT2D eigenvalue weighted by molar-refractivity contribution is 9.10. The van der Waals surface area contributed by atoms with Crippen molar-refractivity contribution in [3.05, 3.63) is 33.3 Å². The van der Waals surface area contributed by atoms with Crippen molar-refractivity contribution in [1.29, 1.82) is 0 Å². The van der Waals surface area contributed by atoms with Crippen molar-refractivity contribution in [3.63, 3.8) is 0 Å². The second-order valence-electron chi connectivity index (χ2n) is 6.08. The Bertz CT molecular complexity index is 551. The van der Waals surface area contributed by atoms with Crippen LogP contribution in [-0.4, -0.2) is 47.4 Å². The Balaban J connectivity index is 1.78. The molecule has 1 amide bonds. The number of carbonyl (C=O) groups is 1. The van der Waals surface area contributed by atoms with Crippen LogP contribution in [0.5, 0.6) is 0 Å². The Kier molecular flexibility index (Phi) is 4.57. The van der Waals surface area contributed by atoms with E-state index in [2.05, 4.69) is 27.8 Å². The van der Waals surface area contributed by atoms with Crippen molar-refractivity contribution in [2.75, 3.05) is 19.6 Å². The fourth-order valence-corrected chi connectivity index (χ4v) is 3.93. The van der Waals surface area contributed by atoms with Gasteiger partial charge in [0.05, 0.1) is 5.02 Å². The molecule has 0 bridgehead atoms. The Morgan fingerprint density at radius 2 is 2.14 bits per heavy atom. The summed E-state index contributed by atoms with van der Waals surface area (Å²) in [4.78, 5) is 17.4. The van der Waals surface area contributed by atoms with Gasteiger partial charge in [0, 0.05) is 35.2 Å². The summed E-state index contributed by atoms with van der Waals surface area (Å²) in [6.07, 6.45) is 3.78. The van der Waals surface area contributed by atoms with Gasteiger partial charge in [0.2, 0.25) is 0 Å². The molecule has 2 unspecified atom stereocenters. The fraction of sp³-hybridized carbons (Fsp3) is 0.562. The maximum atomic E-state index is 12.8. The Morgan fingerprint density at radius 1 is 1.33 bits per heavy atom. The average Bonchev–Trinajstić information content (AvgIpc) is 2.48. The van der Waals surface area contributed by atoms with Crippen LogP contribution in [0.15, 0.2) is 22.7 Å². The average molecular weight is 372 g/mol. The molecule has 0 N–H and O–H groups in total. The molecule has 2 aliphatic heterocycles. The number of benzene rings is 1. The number of carbonyl (C=O) groups excluding carboxylic acids is 1. The normalized spacial score (nSPS) is 26.5. The van der Waals surface area contributed by atoms with Crippen LogP contribution < -0.4 is 0 Å². The third-order valence-corrected chi connectivity index (χ3v) is 5.83. The highest BCUT2D eigenvalue weighted by atomic mass is 79.9. The smallest absolute Gasteiger partial charge is 0.254 e. The van der Waals surface area contributed by atoms with E-state index in [4.69, 9.17) is 11.6 Å². The third-order valence-electron chi connectivity index (χ3n) is 4.61. The first-order chi connectivity index (χ1) is 10.1. The molecule has 3 rings (SSSR count). The summed E-state index contributed by atoms with van der Waals surface area (Å²) >= 11 is 9.41. The summed E-state index contributed by atoms with van der Waals surface area (Å²) in [7, 11) is 0. The third kappa shape index (κ3) is 3.13. The molecule has 2 fully saturated rings. The first-order valence-corrected chi connectivity index (χ1v) is 8.73. The number of hydrogen-bond acceptors (Lipinski definition) is 2. The zero-order valence-corrected chi connectivity index (χ0v) is 14.5. The molecular weight excluding hydrogens is 352 g/mol.